The summed E-state index contributed by atoms with van der Waals surface area (Å²) in [4.78, 5) is 11.6. The van der Waals surface area contributed by atoms with Gasteiger partial charge in [-0.25, -0.2) is 8.78 Å². The van der Waals surface area contributed by atoms with Crippen LogP contribution in [0.15, 0.2) is 42.5 Å². The van der Waals surface area contributed by atoms with E-state index < -0.39 is 11.6 Å². The van der Waals surface area contributed by atoms with E-state index in [1.54, 1.807) is 24.3 Å². The van der Waals surface area contributed by atoms with Crippen LogP contribution in [-0.4, -0.2) is 12.5 Å². The summed E-state index contributed by atoms with van der Waals surface area (Å²) in [5, 5.41) is 5.77. The summed E-state index contributed by atoms with van der Waals surface area (Å²) >= 11 is 5.72. The van der Waals surface area contributed by atoms with E-state index in [-0.39, 0.29) is 18.1 Å². The van der Waals surface area contributed by atoms with Gasteiger partial charge in [0.25, 0.3) is 0 Å². The normalized spacial score (nSPS) is 10.2. The van der Waals surface area contributed by atoms with Gasteiger partial charge in [0.2, 0.25) is 5.91 Å². The average molecular weight is 297 g/mol. The fourth-order valence-electron chi connectivity index (χ4n) is 1.55. The van der Waals surface area contributed by atoms with Gasteiger partial charge < -0.3 is 10.6 Å². The van der Waals surface area contributed by atoms with Crippen molar-refractivity contribution < 1.29 is 13.6 Å². The quantitative estimate of drug-likeness (QED) is 0.904. The van der Waals surface area contributed by atoms with Gasteiger partial charge >= 0.3 is 0 Å². The lowest BCUT2D eigenvalue weighted by Gasteiger charge is -2.08. The Morgan fingerprint density at radius 1 is 1.10 bits per heavy atom. The molecule has 0 spiro atoms. The first-order valence-electron chi connectivity index (χ1n) is 5.79. The fraction of sp³-hybridized carbons (Fsp3) is 0.0714. The summed E-state index contributed by atoms with van der Waals surface area (Å²) in [7, 11) is 0. The number of anilines is 2. The van der Waals surface area contributed by atoms with Gasteiger partial charge in [0.1, 0.15) is 11.6 Å². The first kappa shape index (κ1) is 14.3. The highest BCUT2D eigenvalue weighted by Gasteiger charge is 2.06. The number of nitrogens with one attached hydrogen (secondary N) is 2. The summed E-state index contributed by atoms with van der Waals surface area (Å²) in [5.41, 5.74) is 0.651. The molecule has 6 heteroatoms. The zero-order chi connectivity index (χ0) is 14.5. The molecule has 0 aliphatic rings. The molecule has 3 nitrogen and oxygen atoms in total. The molecule has 0 radical (unpaired) electrons. The standard InChI is InChI=1S/C14H11ClF2N2O/c15-9-1-4-11(5-2-9)19-14(20)8-18-13-6-3-10(16)7-12(13)17/h1-7,18H,8H2,(H,19,20). The molecule has 0 aliphatic carbocycles. The lowest BCUT2D eigenvalue weighted by molar-refractivity contribution is -0.114. The maximum absolute atomic E-state index is 13.3. The molecule has 0 saturated carbocycles. The molecule has 0 aromatic heterocycles. The van der Waals surface area contributed by atoms with Gasteiger partial charge in [-0.15, -0.1) is 0 Å². The molecule has 0 aliphatic heterocycles. The molecule has 0 atom stereocenters. The van der Waals surface area contributed by atoms with Crippen LogP contribution in [0.2, 0.25) is 5.02 Å². The minimum Gasteiger partial charge on any atom is -0.374 e. The zero-order valence-electron chi connectivity index (χ0n) is 10.3. The highest BCUT2D eigenvalue weighted by Crippen LogP contribution is 2.15. The largest absolute Gasteiger partial charge is 0.374 e. The summed E-state index contributed by atoms with van der Waals surface area (Å²) in [6, 6.07) is 9.69. The predicted octanol–water partition coefficient (Wildman–Crippen LogP) is 3.67. The first-order chi connectivity index (χ1) is 9.54. The number of carbonyl (C=O) groups excluding carboxylic acids is 1. The van der Waals surface area contributed by atoms with Crippen LogP contribution in [0.25, 0.3) is 0 Å². The topological polar surface area (TPSA) is 41.1 Å². The van der Waals surface area contributed by atoms with Crippen LogP contribution < -0.4 is 10.6 Å². The number of carbonyl (C=O) groups is 1. The van der Waals surface area contributed by atoms with Crippen molar-refractivity contribution in [3.05, 3.63) is 59.1 Å². The van der Waals surface area contributed by atoms with Crippen LogP contribution in [0.4, 0.5) is 20.2 Å². The van der Waals surface area contributed by atoms with Crippen molar-refractivity contribution >= 4 is 28.9 Å². The van der Waals surface area contributed by atoms with Crippen molar-refractivity contribution in [3.63, 3.8) is 0 Å². The molecule has 104 valence electrons. The van der Waals surface area contributed by atoms with E-state index in [9.17, 15) is 13.6 Å². The number of hydrogen-bond acceptors (Lipinski definition) is 2. The maximum atomic E-state index is 13.3. The molecule has 0 heterocycles. The summed E-state index contributed by atoms with van der Waals surface area (Å²) in [6.07, 6.45) is 0. The minimum atomic E-state index is -0.746. The highest BCUT2D eigenvalue weighted by molar-refractivity contribution is 6.30. The van der Waals surface area contributed by atoms with Crippen molar-refractivity contribution in [1.29, 1.82) is 0 Å². The molecule has 2 aromatic carbocycles. The van der Waals surface area contributed by atoms with Crippen molar-refractivity contribution in [3.8, 4) is 0 Å². The molecular weight excluding hydrogens is 286 g/mol. The predicted molar refractivity (Wildman–Crippen MR) is 74.9 cm³/mol. The maximum Gasteiger partial charge on any atom is 0.243 e. The second kappa shape index (κ2) is 6.34. The number of benzene rings is 2. The average Bonchev–Trinajstić information content (AvgIpc) is 2.40. The molecular formula is C14H11ClF2N2O. The van der Waals surface area contributed by atoms with Crippen LogP contribution >= 0.6 is 11.6 Å². The van der Waals surface area contributed by atoms with Gasteiger partial charge in [-0.3, -0.25) is 4.79 Å². The van der Waals surface area contributed by atoms with E-state index in [4.69, 9.17) is 11.6 Å². The van der Waals surface area contributed by atoms with Crippen LogP contribution in [0.3, 0.4) is 0 Å². The van der Waals surface area contributed by atoms with Crippen LogP contribution in [0.1, 0.15) is 0 Å². The number of rotatable bonds is 4. The summed E-state index contributed by atoms with van der Waals surface area (Å²) in [6.45, 7) is -0.134. The van der Waals surface area contributed by atoms with E-state index >= 15 is 0 Å². The third kappa shape index (κ3) is 3.93. The molecule has 2 rings (SSSR count). The monoisotopic (exact) mass is 296 g/mol. The Morgan fingerprint density at radius 2 is 1.80 bits per heavy atom. The molecule has 2 aromatic rings. The fourth-order valence-corrected chi connectivity index (χ4v) is 1.67. The van der Waals surface area contributed by atoms with Gasteiger partial charge in [-0.1, -0.05) is 11.6 Å². The Kier molecular flexibility index (Phi) is 4.53. The lowest BCUT2D eigenvalue weighted by Crippen LogP contribution is -2.22. The van der Waals surface area contributed by atoms with E-state index in [1.807, 2.05) is 0 Å². The molecule has 0 bridgehead atoms. The van der Waals surface area contributed by atoms with Gasteiger partial charge in [0.05, 0.1) is 12.2 Å². The molecule has 0 fully saturated rings. The van der Waals surface area contributed by atoms with Crippen LogP contribution in [0, 0.1) is 11.6 Å². The van der Waals surface area contributed by atoms with Gasteiger partial charge in [-0.05, 0) is 36.4 Å². The number of hydrogen-bond donors (Lipinski definition) is 2. The second-order valence-corrected chi connectivity index (χ2v) is 4.47. The van der Waals surface area contributed by atoms with E-state index in [0.717, 1.165) is 12.1 Å². The zero-order valence-corrected chi connectivity index (χ0v) is 11.0. The molecule has 0 saturated heterocycles. The number of halogens is 3. The Balaban J connectivity index is 1.90. The third-order valence-electron chi connectivity index (χ3n) is 2.50. The minimum absolute atomic E-state index is 0.0673. The summed E-state index contributed by atoms with van der Waals surface area (Å²) < 4.78 is 26.0. The first-order valence-corrected chi connectivity index (χ1v) is 6.17. The highest BCUT2D eigenvalue weighted by atomic mass is 35.5. The van der Waals surface area contributed by atoms with Crippen molar-refractivity contribution in [2.75, 3.05) is 17.2 Å². The molecule has 0 unspecified atom stereocenters. The second-order valence-electron chi connectivity index (χ2n) is 4.03. The Hall–Kier alpha value is -2.14. The van der Waals surface area contributed by atoms with Gasteiger partial charge in [0, 0.05) is 16.8 Å². The van der Waals surface area contributed by atoms with Crippen molar-refractivity contribution in [2.24, 2.45) is 0 Å². The van der Waals surface area contributed by atoms with Gasteiger partial charge in [0.15, 0.2) is 0 Å². The van der Waals surface area contributed by atoms with E-state index in [2.05, 4.69) is 10.6 Å². The SMILES string of the molecule is O=C(CNc1ccc(F)cc1F)Nc1ccc(Cl)cc1. The van der Waals surface area contributed by atoms with Crippen LogP contribution in [-0.2, 0) is 4.79 Å². The van der Waals surface area contributed by atoms with Crippen molar-refractivity contribution in [2.45, 2.75) is 0 Å². The Bertz CT molecular complexity index is 617. The van der Waals surface area contributed by atoms with Crippen molar-refractivity contribution in [1.82, 2.24) is 0 Å². The molecule has 20 heavy (non-hydrogen) atoms. The molecule has 2 N–H and O–H groups in total. The van der Waals surface area contributed by atoms with Gasteiger partial charge in [-0.2, -0.15) is 0 Å². The summed E-state index contributed by atoms with van der Waals surface area (Å²) in [5.74, 6) is -1.76. The lowest BCUT2D eigenvalue weighted by atomic mass is 10.3. The smallest absolute Gasteiger partial charge is 0.243 e. The third-order valence-corrected chi connectivity index (χ3v) is 2.75. The van der Waals surface area contributed by atoms with E-state index in [0.29, 0.717) is 10.7 Å². The molecule has 1 amide bonds. The Morgan fingerprint density at radius 3 is 2.45 bits per heavy atom. The Labute approximate surface area is 119 Å². The number of amides is 1. The van der Waals surface area contributed by atoms with E-state index in [1.165, 1.54) is 6.07 Å². The van der Waals surface area contributed by atoms with Crippen LogP contribution in [0.5, 0.6) is 0 Å².